The van der Waals surface area contributed by atoms with E-state index in [0.29, 0.717) is 4.90 Å². The number of hydrogen-bond acceptors (Lipinski definition) is 2. The summed E-state index contributed by atoms with van der Waals surface area (Å²) in [5, 5.41) is 0.868. The quantitative estimate of drug-likeness (QED) is 0.600. The molecular weight excluding hydrogens is 322 g/mol. The Bertz CT molecular complexity index is 408. The predicted molar refractivity (Wildman–Crippen MR) is 73.4 cm³/mol. The van der Waals surface area contributed by atoms with E-state index >= 15 is 0 Å². The molecule has 0 unspecified atom stereocenters. The van der Waals surface area contributed by atoms with E-state index in [0.717, 1.165) is 43.2 Å². The van der Waals surface area contributed by atoms with Crippen molar-refractivity contribution in [1.82, 2.24) is 0 Å². The fraction of sp³-hybridized carbons (Fsp3) is 0.538. The number of ether oxygens (including phenoxy) is 1. The van der Waals surface area contributed by atoms with Crippen LogP contribution in [0.5, 0.6) is 0 Å². The molecule has 0 amide bonds. The van der Waals surface area contributed by atoms with Crippen LogP contribution in [0.3, 0.4) is 0 Å². The first kappa shape index (κ1) is 14.3. The van der Waals surface area contributed by atoms with Crippen LogP contribution >= 0.6 is 27.7 Å². The van der Waals surface area contributed by atoms with Crippen LogP contribution in [0.2, 0.25) is 0 Å². The van der Waals surface area contributed by atoms with Gasteiger partial charge in [0.05, 0.1) is 0 Å². The molecule has 1 fully saturated rings. The Hall–Kier alpha value is -0.130. The molecule has 1 aromatic carbocycles. The van der Waals surface area contributed by atoms with Crippen molar-refractivity contribution in [2.24, 2.45) is 5.41 Å². The largest absolute Gasteiger partial charge is 0.381 e. The molecule has 18 heavy (non-hydrogen) atoms. The lowest BCUT2D eigenvalue weighted by atomic mass is 9.85. The van der Waals surface area contributed by atoms with Gasteiger partial charge in [0.25, 0.3) is 0 Å². The molecule has 1 nitrogen and oxygen atoms in total. The molecule has 100 valence electrons. The van der Waals surface area contributed by atoms with E-state index in [9.17, 15) is 8.78 Å². The van der Waals surface area contributed by atoms with Gasteiger partial charge >= 0.3 is 0 Å². The maximum absolute atomic E-state index is 13.5. The zero-order valence-corrected chi connectivity index (χ0v) is 12.3. The summed E-state index contributed by atoms with van der Waals surface area (Å²) in [6, 6.07) is 3.60. The number of benzene rings is 1. The van der Waals surface area contributed by atoms with Gasteiger partial charge < -0.3 is 4.74 Å². The summed E-state index contributed by atoms with van der Waals surface area (Å²) in [5.74, 6) is 0.0408. The minimum Gasteiger partial charge on any atom is -0.381 e. The second-order valence-corrected chi connectivity index (χ2v) is 6.19. The normalized spacial score (nSPS) is 18.8. The van der Waals surface area contributed by atoms with Crippen molar-refractivity contribution in [3.05, 3.63) is 29.8 Å². The van der Waals surface area contributed by atoms with Crippen molar-refractivity contribution < 1.29 is 13.5 Å². The Morgan fingerprint density at radius 3 is 2.67 bits per heavy atom. The summed E-state index contributed by atoms with van der Waals surface area (Å²) >= 11 is 4.93. The highest BCUT2D eigenvalue weighted by molar-refractivity contribution is 9.09. The van der Waals surface area contributed by atoms with Crippen LogP contribution in [-0.2, 0) is 4.74 Å². The second-order valence-electron chi connectivity index (χ2n) is 4.61. The van der Waals surface area contributed by atoms with E-state index in [4.69, 9.17) is 4.74 Å². The number of thioether (sulfide) groups is 1. The highest BCUT2D eigenvalue weighted by Crippen LogP contribution is 2.38. The van der Waals surface area contributed by atoms with Crippen molar-refractivity contribution in [3.8, 4) is 0 Å². The average Bonchev–Trinajstić information content (AvgIpc) is 2.41. The molecule has 0 spiro atoms. The minimum absolute atomic E-state index is 0.127. The van der Waals surface area contributed by atoms with Gasteiger partial charge in [0.1, 0.15) is 11.6 Å². The van der Waals surface area contributed by atoms with Crippen molar-refractivity contribution in [1.29, 1.82) is 0 Å². The zero-order valence-electron chi connectivity index (χ0n) is 9.93. The Morgan fingerprint density at radius 2 is 2.00 bits per heavy atom. The molecule has 1 saturated heterocycles. The van der Waals surface area contributed by atoms with Gasteiger partial charge in [0.15, 0.2) is 0 Å². The van der Waals surface area contributed by atoms with E-state index in [1.165, 1.54) is 23.9 Å². The van der Waals surface area contributed by atoms with Crippen LogP contribution in [0.4, 0.5) is 8.78 Å². The number of rotatable bonds is 4. The molecule has 0 radical (unpaired) electrons. The molecule has 0 atom stereocenters. The van der Waals surface area contributed by atoms with Crippen LogP contribution in [0.15, 0.2) is 23.1 Å². The third-order valence-corrected chi connectivity index (χ3v) is 5.83. The van der Waals surface area contributed by atoms with Crippen LogP contribution in [0.1, 0.15) is 12.8 Å². The van der Waals surface area contributed by atoms with Crippen LogP contribution < -0.4 is 0 Å². The van der Waals surface area contributed by atoms with Crippen molar-refractivity contribution in [2.75, 3.05) is 24.3 Å². The fourth-order valence-electron chi connectivity index (χ4n) is 1.94. The molecule has 1 heterocycles. The number of halogens is 3. The SMILES string of the molecule is Fc1ccc(F)c(SCC2(CBr)CCOCC2)c1. The second kappa shape index (κ2) is 6.35. The molecule has 5 heteroatoms. The molecule has 0 saturated carbocycles. The van der Waals surface area contributed by atoms with E-state index in [-0.39, 0.29) is 11.2 Å². The first-order valence-electron chi connectivity index (χ1n) is 5.87. The van der Waals surface area contributed by atoms with Gasteiger partial charge in [-0.3, -0.25) is 0 Å². The van der Waals surface area contributed by atoms with Crippen molar-refractivity contribution in [2.45, 2.75) is 17.7 Å². The molecule has 0 N–H and O–H groups in total. The lowest BCUT2D eigenvalue weighted by Gasteiger charge is -2.35. The summed E-state index contributed by atoms with van der Waals surface area (Å²) < 4.78 is 32.0. The van der Waals surface area contributed by atoms with E-state index in [1.807, 2.05) is 0 Å². The highest BCUT2D eigenvalue weighted by Gasteiger charge is 2.31. The Balaban J connectivity index is 2.03. The zero-order chi connectivity index (χ0) is 13.0. The van der Waals surface area contributed by atoms with Gasteiger partial charge in [-0.2, -0.15) is 0 Å². The maximum Gasteiger partial charge on any atom is 0.136 e. The average molecular weight is 337 g/mol. The first-order chi connectivity index (χ1) is 8.65. The maximum atomic E-state index is 13.5. The molecule has 1 aromatic rings. The molecule has 2 rings (SSSR count). The van der Waals surface area contributed by atoms with Crippen LogP contribution in [-0.4, -0.2) is 24.3 Å². The van der Waals surface area contributed by atoms with E-state index in [1.54, 1.807) is 0 Å². The third-order valence-electron chi connectivity index (χ3n) is 3.26. The van der Waals surface area contributed by atoms with Gasteiger partial charge in [0, 0.05) is 29.2 Å². The molecule has 0 aliphatic carbocycles. The van der Waals surface area contributed by atoms with Crippen molar-refractivity contribution >= 4 is 27.7 Å². The predicted octanol–water partition coefficient (Wildman–Crippen LogP) is 4.25. The number of alkyl halides is 1. The lowest BCUT2D eigenvalue weighted by Crippen LogP contribution is -2.33. The lowest BCUT2D eigenvalue weighted by molar-refractivity contribution is 0.0374. The summed E-state index contributed by atoms with van der Waals surface area (Å²) in [6.45, 7) is 1.50. The molecule has 1 aliphatic rings. The van der Waals surface area contributed by atoms with Gasteiger partial charge in [-0.05, 0) is 36.5 Å². The third kappa shape index (κ3) is 3.45. The van der Waals surface area contributed by atoms with Crippen molar-refractivity contribution in [3.63, 3.8) is 0 Å². The molecule has 0 aromatic heterocycles. The summed E-state index contributed by atoms with van der Waals surface area (Å²) in [5.41, 5.74) is 0.127. The van der Waals surface area contributed by atoms with Gasteiger partial charge in [-0.1, -0.05) is 15.9 Å². The van der Waals surface area contributed by atoms with Gasteiger partial charge in [0.2, 0.25) is 0 Å². The van der Waals surface area contributed by atoms with Crippen LogP contribution in [0.25, 0.3) is 0 Å². The topological polar surface area (TPSA) is 9.23 Å². The van der Waals surface area contributed by atoms with E-state index < -0.39 is 5.82 Å². The van der Waals surface area contributed by atoms with Gasteiger partial charge in [-0.25, -0.2) is 8.78 Å². The summed E-state index contributed by atoms with van der Waals surface area (Å²) in [6.07, 6.45) is 1.92. The van der Waals surface area contributed by atoms with E-state index in [2.05, 4.69) is 15.9 Å². The summed E-state index contributed by atoms with van der Waals surface area (Å²) in [7, 11) is 0. The molecule has 1 aliphatic heterocycles. The highest BCUT2D eigenvalue weighted by atomic mass is 79.9. The molecular formula is C13H15BrF2OS. The Morgan fingerprint density at radius 1 is 1.28 bits per heavy atom. The van der Waals surface area contributed by atoms with Gasteiger partial charge in [-0.15, -0.1) is 11.8 Å². The monoisotopic (exact) mass is 336 g/mol. The Kier molecular flexibility index (Phi) is 5.04. The smallest absolute Gasteiger partial charge is 0.136 e. The fourth-order valence-corrected chi connectivity index (χ4v) is 4.22. The minimum atomic E-state index is -0.390. The van der Waals surface area contributed by atoms with Crippen LogP contribution in [0, 0.1) is 17.0 Å². The standard InChI is InChI=1S/C13H15BrF2OS/c14-8-13(3-5-17-6-4-13)9-18-12-7-10(15)1-2-11(12)16/h1-2,7H,3-6,8-9H2. The summed E-state index contributed by atoms with van der Waals surface area (Å²) in [4.78, 5) is 0.391. The molecule has 0 bridgehead atoms. The number of hydrogen-bond donors (Lipinski definition) is 0. The Labute approximate surface area is 118 Å². The first-order valence-corrected chi connectivity index (χ1v) is 7.97.